The highest BCUT2D eigenvalue weighted by molar-refractivity contribution is 6.08. The molecule has 5 rings (SSSR count). The van der Waals surface area contributed by atoms with Gasteiger partial charge in [0, 0.05) is 35.6 Å². The average molecular weight is 454 g/mol. The summed E-state index contributed by atoms with van der Waals surface area (Å²) in [6.45, 7) is 7.27. The molecule has 6 heteroatoms. The molecule has 0 bridgehead atoms. The molecule has 1 fully saturated rings. The van der Waals surface area contributed by atoms with E-state index in [0.717, 1.165) is 48.8 Å². The van der Waals surface area contributed by atoms with Crippen molar-refractivity contribution in [2.75, 3.05) is 36.5 Å². The van der Waals surface area contributed by atoms with Crippen molar-refractivity contribution in [1.82, 2.24) is 4.98 Å². The number of hydrogen-bond acceptors (Lipinski definition) is 5. The minimum absolute atomic E-state index is 0.201. The predicted molar refractivity (Wildman–Crippen MR) is 134 cm³/mol. The number of benzene rings is 3. The number of anilines is 2. The lowest BCUT2D eigenvalue weighted by molar-refractivity contribution is 0.102. The van der Waals surface area contributed by atoms with E-state index in [4.69, 9.17) is 9.15 Å². The Morgan fingerprint density at radius 1 is 0.971 bits per heavy atom. The summed E-state index contributed by atoms with van der Waals surface area (Å²) in [5, 5.41) is 3.06. The molecule has 2 heterocycles. The number of carbonyl (C=O) groups excluding carboxylic acids is 1. The van der Waals surface area contributed by atoms with Crippen LogP contribution in [0.25, 0.3) is 22.8 Å². The summed E-state index contributed by atoms with van der Waals surface area (Å²) in [7, 11) is 0. The first-order valence-electron chi connectivity index (χ1n) is 11.5. The normalized spacial score (nSPS) is 13.6. The number of oxazole rings is 1. The Labute approximate surface area is 199 Å². The van der Waals surface area contributed by atoms with Gasteiger partial charge < -0.3 is 19.4 Å². The van der Waals surface area contributed by atoms with Crippen molar-refractivity contribution in [2.24, 2.45) is 0 Å². The quantitative estimate of drug-likeness (QED) is 0.419. The monoisotopic (exact) mass is 453 g/mol. The summed E-state index contributed by atoms with van der Waals surface area (Å²) >= 11 is 0. The molecule has 1 aromatic heterocycles. The number of nitrogens with one attached hydrogen (secondary N) is 1. The summed E-state index contributed by atoms with van der Waals surface area (Å²) < 4.78 is 11.5. The molecule has 0 unspecified atom stereocenters. The van der Waals surface area contributed by atoms with E-state index in [9.17, 15) is 4.79 Å². The maximum absolute atomic E-state index is 13.3. The molecule has 0 radical (unpaired) electrons. The second kappa shape index (κ2) is 9.53. The van der Waals surface area contributed by atoms with E-state index in [1.807, 2.05) is 68.4 Å². The van der Waals surface area contributed by atoms with E-state index in [0.29, 0.717) is 22.8 Å². The molecule has 6 nitrogen and oxygen atoms in total. The van der Waals surface area contributed by atoms with Gasteiger partial charge in [0.25, 0.3) is 5.91 Å². The minimum Gasteiger partial charge on any atom is -0.436 e. The summed E-state index contributed by atoms with van der Waals surface area (Å²) in [5.41, 5.74) is 6.22. The standard InChI is InChI=1S/C28H27N3O3/c1-19-7-9-21(10-8-19)26-18-29-28(34-26)24-6-4-3-5-23(24)27(32)30-25-12-11-22(17-20(25)2)31-13-15-33-16-14-31/h3-12,17-18H,13-16H2,1-2H3,(H,30,32). The van der Waals surface area contributed by atoms with E-state index in [1.165, 1.54) is 5.56 Å². The minimum atomic E-state index is -0.201. The number of rotatable bonds is 5. The van der Waals surface area contributed by atoms with Crippen LogP contribution in [-0.2, 0) is 4.74 Å². The zero-order valence-corrected chi connectivity index (χ0v) is 19.4. The fourth-order valence-electron chi connectivity index (χ4n) is 4.11. The van der Waals surface area contributed by atoms with Crippen molar-refractivity contribution in [1.29, 1.82) is 0 Å². The number of aryl methyl sites for hydroxylation is 2. The topological polar surface area (TPSA) is 67.6 Å². The molecule has 3 aromatic carbocycles. The van der Waals surface area contributed by atoms with Gasteiger partial charge in [0.05, 0.1) is 25.0 Å². The highest BCUT2D eigenvalue weighted by Gasteiger charge is 2.18. The Bertz CT molecular complexity index is 1300. The van der Waals surface area contributed by atoms with Crippen LogP contribution in [0.1, 0.15) is 21.5 Å². The zero-order valence-electron chi connectivity index (χ0n) is 19.4. The number of carbonyl (C=O) groups is 1. The fraction of sp³-hybridized carbons (Fsp3) is 0.214. The van der Waals surface area contributed by atoms with Crippen LogP contribution in [0.4, 0.5) is 11.4 Å². The lowest BCUT2D eigenvalue weighted by Gasteiger charge is -2.29. The van der Waals surface area contributed by atoms with Crippen LogP contribution in [0.5, 0.6) is 0 Å². The van der Waals surface area contributed by atoms with Gasteiger partial charge in [-0.2, -0.15) is 0 Å². The molecule has 34 heavy (non-hydrogen) atoms. The molecule has 0 saturated carbocycles. The molecule has 0 atom stereocenters. The van der Waals surface area contributed by atoms with Gasteiger partial charge in [0.1, 0.15) is 0 Å². The second-order valence-corrected chi connectivity index (χ2v) is 8.49. The van der Waals surface area contributed by atoms with Gasteiger partial charge in [-0.3, -0.25) is 4.79 Å². The molecule has 4 aromatic rings. The van der Waals surface area contributed by atoms with Crippen LogP contribution >= 0.6 is 0 Å². The average Bonchev–Trinajstić information content (AvgIpc) is 3.36. The van der Waals surface area contributed by atoms with Crippen LogP contribution in [0, 0.1) is 13.8 Å². The molecule has 1 amide bonds. The molecule has 1 saturated heterocycles. The van der Waals surface area contributed by atoms with Gasteiger partial charge in [0.2, 0.25) is 5.89 Å². The van der Waals surface area contributed by atoms with E-state index in [2.05, 4.69) is 21.3 Å². The molecule has 1 aliphatic rings. The molecule has 1 aliphatic heterocycles. The maximum Gasteiger partial charge on any atom is 0.256 e. The summed E-state index contributed by atoms with van der Waals surface area (Å²) in [4.78, 5) is 20.0. The molecule has 0 spiro atoms. The van der Waals surface area contributed by atoms with Crippen LogP contribution in [0.15, 0.2) is 77.3 Å². The Balaban J connectivity index is 1.37. The first kappa shape index (κ1) is 21.9. The SMILES string of the molecule is Cc1ccc(-c2cnc(-c3ccccc3C(=O)Nc3ccc(N4CCOCC4)cc3C)o2)cc1. The van der Waals surface area contributed by atoms with Crippen LogP contribution in [-0.4, -0.2) is 37.2 Å². The third-order valence-electron chi connectivity index (χ3n) is 6.08. The molecular formula is C28H27N3O3. The predicted octanol–water partition coefficient (Wildman–Crippen LogP) is 5.71. The third kappa shape index (κ3) is 4.58. The number of amides is 1. The summed E-state index contributed by atoms with van der Waals surface area (Å²) in [6, 6.07) is 21.5. The number of nitrogens with zero attached hydrogens (tertiary/aromatic N) is 2. The van der Waals surface area contributed by atoms with Crippen molar-refractivity contribution in [3.05, 3.63) is 89.6 Å². The lowest BCUT2D eigenvalue weighted by Crippen LogP contribution is -2.36. The van der Waals surface area contributed by atoms with Gasteiger partial charge in [-0.05, 0) is 49.7 Å². The van der Waals surface area contributed by atoms with Crippen molar-refractivity contribution in [3.8, 4) is 22.8 Å². The number of morpholine rings is 1. The zero-order chi connectivity index (χ0) is 23.5. The Kier molecular flexibility index (Phi) is 6.14. The molecule has 1 N–H and O–H groups in total. The summed E-state index contributed by atoms with van der Waals surface area (Å²) in [6.07, 6.45) is 1.70. The van der Waals surface area contributed by atoms with E-state index < -0.39 is 0 Å². The van der Waals surface area contributed by atoms with Gasteiger partial charge >= 0.3 is 0 Å². The fourth-order valence-corrected chi connectivity index (χ4v) is 4.11. The molecule has 172 valence electrons. The Hall–Kier alpha value is -3.90. The van der Waals surface area contributed by atoms with Crippen molar-refractivity contribution < 1.29 is 13.9 Å². The Morgan fingerprint density at radius 2 is 1.74 bits per heavy atom. The van der Waals surface area contributed by atoms with Gasteiger partial charge in [-0.1, -0.05) is 42.0 Å². The van der Waals surface area contributed by atoms with Gasteiger partial charge in [-0.15, -0.1) is 0 Å². The highest BCUT2D eigenvalue weighted by atomic mass is 16.5. The Morgan fingerprint density at radius 3 is 2.50 bits per heavy atom. The van der Waals surface area contributed by atoms with E-state index in [-0.39, 0.29) is 5.91 Å². The van der Waals surface area contributed by atoms with Gasteiger partial charge in [-0.25, -0.2) is 4.98 Å². The number of ether oxygens (including phenoxy) is 1. The van der Waals surface area contributed by atoms with Gasteiger partial charge in [0.15, 0.2) is 5.76 Å². The summed E-state index contributed by atoms with van der Waals surface area (Å²) in [5.74, 6) is 0.883. The maximum atomic E-state index is 13.3. The highest BCUT2D eigenvalue weighted by Crippen LogP contribution is 2.30. The number of hydrogen-bond donors (Lipinski definition) is 1. The van der Waals surface area contributed by atoms with Crippen molar-refractivity contribution in [2.45, 2.75) is 13.8 Å². The smallest absolute Gasteiger partial charge is 0.256 e. The second-order valence-electron chi connectivity index (χ2n) is 8.49. The van der Waals surface area contributed by atoms with Crippen LogP contribution in [0.2, 0.25) is 0 Å². The van der Waals surface area contributed by atoms with Crippen LogP contribution in [0.3, 0.4) is 0 Å². The number of aromatic nitrogens is 1. The van der Waals surface area contributed by atoms with Crippen molar-refractivity contribution in [3.63, 3.8) is 0 Å². The van der Waals surface area contributed by atoms with Crippen LogP contribution < -0.4 is 10.2 Å². The largest absolute Gasteiger partial charge is 0.436 e. The van der Waals surface area contributed by atoms with Crippen molar-refractivity contribution >= 4 is 17.3 Å². The van der Waals surface area contributed by atoms with E-state index >= 15 is 0 Å². The molecule has 0 aliphatic carbocycles. The first-order chi connectivity index (χ1) is 16.6. The lowest BCUT2D eigenvalue weighted by atomic mass is 10.1. The first-order valence-corrected chi connectivity index (χ1v) is 11.5. The molecular weight excluding hydrogens is 426 g/mol. The third-order valence-corrected chi connectivity index (χ3v) is 6.08. The van der Waals surface area contributed by atoms with E-state index in [1.54, 1.807) is 12.3 Å².